The zero-order valence-corrected chi connectivity index (χ0v) is 26.4. The number of fused-ring (bicyclic) bond motifs is 2. The number of allylic oxidation sites excluding steroid dienone is 1. The molecule has 0 aliphatic carbocycles. The third kappa shape index (κ3) is 5.71. The first-order chi connectivity index (χ1) is 21.4. The van der Waals surface area contributed by atoms with Crippen LogP contribution < -0.4 is 29.1 Å². The van der Waals surface area contributed by atoms with Crippen LogP contribution in [0.4, 0.5) is 0 Å². The van der Waals surface area contributed by atoms with Gasteiger partial charge in [-0.1, -0.05) is 72.5 Å². The van der Waals surface area contributed by atoms with Crippen molar-refractivity contribution in [2.75, 3.05) is 27.4 Å². The van der Waals surface area contributed by atoms with Gasteiger partial charge in [0.2, 0.25) is 0 Å². The molecule has 0 saturated heterocycles. The molecule has 0 radical (unpaired) electrons. The van der Waals surface area contributed by atoms with Crippen molar-refractivity contribution in [2.45, 2.75) is 32.7 Å². The molecule has 1 atom stereocenters. The van der Waals surface area contributed by atoms with Crippen LogP contribution in [0, 0.1) is 12.3 Å². The molecule has 1 aliphatic rings. The van der Waals surface area contributed by atoms with Crippen molar-refractivity contribution < 1.29 is 23.7 Å². The fourth-order valence-electron chi connectivity index (χ4n) is 5.36. The maximum atomic E-state index is 14.3. The van der Waals surface area contributed by atoms with Gasteiger partial charge in [-0.3, -0.25) is 9.36 Å². The van der Waals surface area contributed by atoms with Gasteiger partial charge in [0.1, 0.15) is 18.4 Å². The van der Waals surface area contributed by atoms with Crippen molar-refractivity contribution in [1.29, 1.82) is 0 Å². The first-order valence-electron chi connectivity index (χ1n) is 14.1. The number of carbonyl (C=O) groups is 1. The lowest BCUT2D eigenvalue weighted by Gasteiger charge is -2.28. The highest BCUT2D eigenvalue weighted by atomic mass is 35.5. The van der Waals surface area contributed by atoms with Gasteiger partial charge in [-0.15, -0.1) is 6.42 Å². The highest BCUT2D eigenvalue weighted by molar-refractivity contribution is 7.07. The maximum absolute atomic E-state index is 14.3. The van der Waals surface area contributed by atoms with Crippen molar-refractivity contribution in [2.24, 2.45) is 4.99 Å². The zero-order valence-electron chi connectivity index (χ0n) is 24.8. The number of methoxy groups -OCH3 is 2. The minimum absolute atomic E-state index is 0.0224. The van der Waals surface area contributed by atoms with Crippen LogP contribution in [0.1, 0.15) is 43.9 Å². The summed E-state index contributed by atoms with van der Waals surface area (Å²) in [4.78, 5) is 33.3. The number of benzene rings is 3. The zero-order chi connectivity index (χ0) is 31.4. The maximum Gasteiger partial charge on any atom is 0.338 e. The fourth-order valence-corrected chi connectivity index (χ4v) is 6.65. The van der Waals surface area contributed by atoms with E-state index >= 15 is 0 Å². The lowest BCUT2D eigenvalue weighted by atomic mass is 9.90. The summed E-state index contributed by atoms with van der Waals surface area (Å²) in [7, 11) is 3.07. The Labute approximate surface area is 263 Å². The molecule has 1 aromatic heterocycles. The van der Waals surface area contributed by atoms with Crippen LogP contribution in [0.15, 0.2) is 69.6 Å². The van der Waals surface area contributed by atoms with Crippen LogP contribution in [0.3, 0.4) is 0 Å². The molecule has 0 saturated carbocycles. The quantitative estimate of drug-likeness (QED) is 0.172. The van der Waals surface area contributed by atoms with E-state index in [0.717, 1.165) is 17.2 Å². The average Bonchev–Trinajstić information content (AvgIpc) is 3.33. The number of carbonyl (C=O) groups excluding carboxylic acids is 1. The summed E-state index contributed by atoms with van der Waals surface area (Å²) in [5, 5.41) is 2.08. The van der Waals surface area contributed by atoms with Crippen LogP contribution in [0.5, 0.6) is 17.2 Å². The molecule has 8 nitrogen and oxygen atoms in total. The molecule has 44 heavy (non-hydrogen) atoms. The number of thiazole rings is 1. The number of ether oxygens (including phenoxy) is 4. The van der Waals surface area contributed by atoms with E-state index in [9.17, 15) is 9.59 Å². The van der Waals surface area contributed by atoms with Crippen LogP contribution in [-0.2, 0) is 9.53 Å². The molecule has 0 bridgehead atoms. The molecule has 0 fully saturated rings. The summed E-state index contributed by atoms with van der Waals surface area (Å²) in [6, 6.07) is 14.2. The number of hydrogen-bond acceptors (Lipinski definition) is 8. The SMILES string of the molecule is C#CCOc1c(Cl)cc(/C=c2/sc3n(c2=O)C(c2c(OC)ccc4ccccc24)C(C(=O)OCC)=C(CCC)N=3)cc1OC. The highest BCUT2D eigenvalue weighted by Gasteiger charge is 2.37. The Balaban J connectivity index is 1.82. The molecule has 0 amide bonds. The van der Waals surface area contributed by atoms with Crippen LogP contribution in [-0.4, -0.2) is 38.0 Å². The van der Waals surface area contributed by atoms with E-state index in [-0.39, 0.29) is 23.8 Å². The molecule has 3 aromatic carbocycles. The minimum atomic E-state index is -0.840. The molecule has 1 unspecified atom stereocenters. The first-order valence-corrected chi connectivity index (χ1v) is 15.3. The second-order valence-electron chi connectivity index (χ2n) is 9.84. The van der Waals surface area contributed by atoms with Crippen molar-refractivity contribution in [3.8, 4) is 29.6 Å². The molecule has 0 N–H and O–H groups in total. The number of nitrogens with zero attached hydrogens (tertiary/aromatic N) is 2. The molecule has 10 heteroatoms. The minimum Gasteiger partial charge on any atom is -0.496 e. The summed E-state index contributed by atoms with van der Waals surface area (Å²) in [6.45, 7) is 3.97. The summed E-state index contributed by atoms with van der Waals surface area (Å²) in [5.41, 5.74) is 1.88. The van der Waals surface area contributed by atoms with Crippen molar-refractivity contribution in [1.82, 2.24) is 4.57 Å². The van der Waals surface area contributed by atoms with E-state index in [1.54, 1.807) is 36.8 Å². The van der Waals surface area contributed by atoms with Crippen molar-refractivity contribution >= 4 is 45.8 Å². The Kier molecular flexibility index (Phi) is 9.43. The van der Waals surface area contributed by atoms with Gasteiger partial charge < -0.3 is 18.9 Å². The van der Waals surface area contributed by atoms with Crippen molar-refractivity contribution in [3.05, 3.63) is 95.6 Å². The van der Waals surface area contributed by atoms with Crippen LogP contribution in [0.2, 0.25) is 5.02 Å². The molecule has 226 valence electrons. The van der Waals surface area contributed by atoms with Gasteiger partial charge in [-0.2, -0.15) is 0 Å². The Morgan fingerprint density at radius 1 is 1.14 bits per heavy atom. The molecule has 5 rings (SSSR count). The van der Waals surface area contributed by atoms with Gasteiger partial charge >= 0.3 is 5.97 Å². The summed E-state index contributed by atoms with van der Waals surface area (Å²) in [6.07, 6.45) is 8.32. The average molecular weight is 631 g/mol. The van der Waals surface area contributed by atoms with E-state index in [1.165, 1.54) is 18.4 Å². The third-order valence-electron chi connectivity index (χ3n) is 7.17. The molecular formula is C34H31ClN2O6S. The highest BCUT2D eigenvalue weighted by Crippen LogP contribution is 2.41. The lowest BCUT2D eigenvalue weighted by molar-refractivity contribution is -0.139. The molecule has 2 heterocycles. The van der Waals surface area contributed by atoms with E-state index in [0.29, 0.717) is 55.4 Å². The number of hydrogen-bond donors (Lipinski definition) is 0. The van der Waals surface area contributed by atoms with Gasteiger partial charge in [0, 0.05) is 5.56 Å². The standard InChI is InChI=1S/C34H31ClN2O6S/c1-6-11-24-29(33(39)42-8-3)30(28-22-13-10-9-12-21(22)14-15-25(28)40-4)37-32(38)27(44-34(37)36-24)19-20-17-23(35)31(43-16-7-2)26(18-20)41-5/h2,9-10,12-15,17-19,30H,6,8,11,16H2,1,3-5H3/b27-19+. The number of terminal acetylenes is 1. The smallest absolute Gasteiger partial charge is 0.338 e. The van der Waals surface area contributed by atoms with E-state index in [1.807, 2.05) is 43.3 Å². The predicted molar refractivity (Wildman–Crippen MR) is 172 cm³/mol. The monoisotopic (exact) mass is 630 g/mol. The Hall–Kier alpha value is -4.52. The number of halogens is 1. The second kappa shape index (κ2) is 13.4. The van der Waals surface area contributed by atoms with Gasteiger partial charge in [0.25, 0.3) is 5.56 Å². The van der Waals surface area contributed by atoms with E-state index in [4.69, 9.17) is 42.0 Å². The second-order valence-corrected chi connectivity index (χ2v) is 11.3. The van der Waals surface area contributed by atoms with E-state index in [2.05, 4.69) is 5.92 Å². The number of esters is 1. The number of aromatic nitrogens is 1. The van der Waals surface area contributed by atoms with Gasteiger partial charge in [0.05, 0.1) is 41.7 Å². The largest absolute Gasteiger partial charge is 0.496 e. The number of rotatable bonds is 10. The van der Waals surface area contributed by atoms with Crippen LogP contribution >= 0.6 is 22.9 Å². The van der Waals surface area contributed by atoms with Gasteiger partial charge in [0.15, 0.2) is 16.3 Å². The molecule has 0 spiro atoms. The summed E-state index contributed by atoms with van der Waals surface area (Å²) in [5.74, 6) is 3.12. The summed E-state index contributed by atoms with van der Waals surface area (Å²) < 4.78 is 24.4. The fraction of sp³-hybridized carbons (Fsp3) is 0.265. The Morgan fingerprint density at radius 2 is 1.91 bits per heavy atom. The Bertz CT molecular complexity index is 2000. The topological polar surface area (TPSA) is 88.4 Å². The normalized spacial score (nSPS) is 14.5. The third-order valence-corrected chi connectivity index (χ3v) is 8.43. The Morgan fingerprint density at radius 3 is 2.61 bits per heavy atom. The molecule has 1 aliphatic heterocycles. The lowest BCUT2D eigenvalue weighted by Crippen LogP contribution is -2.40. The summed E-state index contributed by atoms with van der Waals surface area (Å²) >= 11 is 7.75. The molecule has 4 aromatic rings. The van der Waals surface area contributed by atoms with Crippen molar-refractivity contribution in [3.63, 3.8) is 0 Å². The predicted octanol–water partition coefficient (Wildman–Crippen LogP) is 5.41. The van der Waals surface area contributed by atoms with Crippen LogP contribution in [0.25, 0.3) is 16.8 Å². The molecular weight excluding hydrogens is 600 g/mol. The first kappa shape index (κ1) is 30.9. The van der Waals surface area contributed by atoms with Gasteiger partial charge in [-0.25, -0.2) is 9.79 Å². The van der Waals surface area contributed by atoms with Gasteiger partial charge in [-0.05, 0) is 54.0 Å². The van der Waals surface area contributed by atoms with E-state index < -0.39 is 12.0 Å².